The highest BCUT2D eigenvalue weighted by molar-refractivity contribution is 7.27. The molecule has 24 rings (SSSR count). The van der Waals surface area contributed by atoms with Gasteiger partial charge >= 0.3 is 0 Å². The molecular formula is C110H76N4S4. The standard InChI is InChI=1S/C58H44N2S2.C52H32N2S2/c1-35(2)37-19-27-41(28-20-37)59(51-15-9-13-45-43-11-5-7-17-53(43)61-57(45)51)49-33-25-39-24-32-48-50(34-26-40-23-31-47(49)55(39)56(40)48)60(42-29-21-38(22-30-42)36(3)4)52-16-10-14-46-44-12-6-8-18-54(44)62-58(46)52;1-3-13-35(14-4-1)53(45-21-11-19-39-37-17-7-9-23-47(37)55-51(39)45)43-31-27-33-26-30-42-44(32-28-34-25-29-41(43)49(33)50(34)42)54(36-15-5-2-6-16-36)46-22-12-20-40-38-18-8-10-24-48(38)56-52(40)46/h5-36H,1-4H3;1-32H. The van der Waals surface area contributed by atoms with Gasteiger partial charge in [-0.05, 0) is 187 Å². The Labute approximate surface area is 699 Å². The maximum atomic E-state index is 2.51. The molecule has 0 radical (unpaired) electrons. The third kappa shape index (κ3) is 11.3. The van der Waals surface area contributed by atoms with Crippen LogP contribution in [0, 0.1) is 0 Å². The minimum absolute atomic E-state index is 0.450. The van der Waals surface area contributed by atoms with E-state index >= 15 is 0 Å². The number of fused-ring (bicyclic) bond motifs is 12. The Balaban J connectivity index is 0.000000139. The van der Waals surface area contributed by atoms with Crippen molar-refractivity contribution in [3.05, 3.63) is 387 Å². The van der Waals surface area contributed by atoms with Crippen LogP contribution in [0.2, 0.25) is 0 Å². The van der Waals surface area contributed by atoms with Gasteiger partial charge in [-0.3, -0.25) is 0 Å². The molecule has 0 aliphatic heterocycles. The molecule has 0 amide bonds. The van der Waals surface area contributed by atoms with Gasteiger partial charge < -0.3 is 19.6 Å². The van der Waals surface area contributed by atoms with Crippen molar-refractivity contribution in [1.82, 2.24) is 0 Å². The van der Waals surface area contributed by atoms with Crippen LogP contribution in [0.4, 0.5) is 68.2 Å². The van der Waals surface area contributed by atoms with E-state index in [-0.39, 0.29) is 0 Å². The zero-order valence-electron chi connectivity index (χ0n) is 65.4. The molecule has 8 heteroatoms. The number of hydrogen-bond donors (Lipinski definition) is 0. The molecule has 4 aromatic heterocycles. The van der Waals surface area contributed by atoms with Gasteiger partial charge in [-0.1, -0.05) is 282 Å². The maximum Gasteiger partial charge on any atom is 0.0640 e. The molecular weight excluding hydrogens is 1510 g/mol. The van der Waals surface area contributed by atoms with Crippen molar-refractivity contribution in [2.45, 2.75) is 39.5 Å². The van der Waals surface area contributed by atoms with E-state index in [4.69, 9.17) is 0 Å². The van der Waals surface area contributed by atoms with Crippen LogP contribution in [0.1, 0.15) is 50.7 Å². The van der Waals surface area contributed by atoms with Gasteiger partial charge in [0.1, 0.15) is 0 Å². The van der Waals surface area contributed by atoms with Crippen LogP contribution in [0.5, 0.6) is 0 Å². The van der Waals surface area contributed by atoms with Gasteiger partial charge in [0.25, 0.3) is 0 Å². The number of nitrogens with zero attached hydrogens (tertiary/aromatic N) is 4. The van der Waals surface area contributed by atoms with Crippen LogP contribution >= 0.6 is 45.3 Å². The number of anilines is 12. The van der Waals surface area contributed by atoms with E-state index in [9.17, 15) is 0 Å². The zero-order valence-corrected chi connectivity index (χ0v) is 68.6. The molecule has 0 aliphatic carbocycles. The molecule has 560 valence electrons. The average Bonchev–Trinajstić information content (AvgIpc) is 0.974. The van der Waals surface area contributed by atoms with Gasteiger partial charge in [0.2, 0.25) is 0 Å². The summed E-state index contributed by atoms with van der Waals surface area (Å²) in [5, 5.41) is 25.5. The fraction of sp³-hybridized carbons (Fsp3) is 0.0545. The highest BCUT2D eigenvalue weighted by Gasteiger charge is 2.29. The van der Waals surface area contributed by atoms with E-state index < -0.39 is 0 Å². The molecule has 24 aromatic rings. The molecule has 20 aromatic carbocycles. The summed E-state index contributed by atoms with van der Waals surface area (Å²) in [4.78, 5) is 9.98. The highest BCUT2D eigenvalue weighted by atomic mass is 32.1. The molecule has 0 spiro atoms. The summed E-state index contributed by atoms with van der Waals surface area (Å²) >= 11 is 7.52. The maximum absolute atomic E-state index is 2.51. The third-order valence-corrected chi connectivity index (χ3v) is 29.2. The summed E-state index contributed by atoms with van der Waals surface area (Å²) in [5.74, 6) is 0.900. The molecule has 0 unspecified atom stereocenters. The second-order valence-corrected chi connectivity index (χ2v) is 35.9. The van der Waals surface area contributed by atoms with E-state index in [2.05, 4.69) is 423 Å². The van der Waals surface area contributed by atoms with Crippen LogP contribution < -0.4 is 19.6 Å². The number of thiophene rings is 4. The Bertz CT molecular complexity index is 7560. The van der Waals surface area contributed by atoms with E-state index in [0.29, 0.717) is 11.8 Å². The molecule has 4 heterocycles. The van der Waals surface area contributed by atoms with Gasteiger partial charge in [-0.15, -0.1) is 45.3 Å². The van der Waals surface area contributed by atoms with Crippen LogP contribution in [0.25, 0.3) is 145 Å². The average molecular weight is 1580 g/mol. The molecule has 4 nitrogen and oxygen atoms in total. The lowest BCUT2D eigenvalue weighted by Crippen LogP contribution is -2.12. The summed E-state index contributed by atoms with van der Waals surface area (Å²) < 4.78 is 10.4. The number of benzene rings is 20. The van der Waals surface area contributed by atoms with Gasteiger partial charge in [0.15, 0.2) is 0 Å². The van der Waals surface area contributed by atoms with Crippen molar-refractivity contribution < 1.29 is 0 Å². The normalized spacial score (nSPS) is 12.1. The van der Waals surface area contributed by atoms with Gasteiger partial charge in [-0.25, -0.2) is 0 Å². The summed E-state index contributed by atoms with van der Waals surface area (Å²) in [5.41, 5.74) is 16.7. The first-order chi connectivity index (χ1) is 58.2. The lowest BCUT2D eigenvalue weighted by atomic mass is 9.91. The first kappa shape index (κ1) is 70.0. The first-order valence-electron chi connectivity index (χ1n) is 40.7. The summed E-state index contributed by atoms with van der Waals surface area (Å²) in [6.07, 6.45) is 0. The van der Waals surface area contributed by atoms with E-state index in [1.807, 2.05) is 45.3 Å². The Morgan fingerprint density at radius 1 is 0.169 bits per heavy atom. The van der Waals surface area contributed by atoms with E-state index in [0.717, 1.165) is 22.7 Å². The van der Waals surface area contributed by atoms with Crippen molar-refractivity contribution in [3.8, 4) is 0 Å². The third-order valence-electron chi connectivity index (χ3n) is 24.4. The molecule has 0 atom stereocenters. The van der Waals surface area contributed by atoms with Crippen molar-refractivity contribution in [2.24, 2.45) is 0 Å². The van der Waals surface area contributed by atoms with Gasteiger partial charge in [0, 0.05) is 106 Å². The van der Waals surface area contributed by atoms with Crippen molar-refractivity contribution in [2.75, 3.05) is 19.6 Å². The van der Waals surface area contributed by atoms with Crippen LogP contribution in [0.15, 0.2) is 376 Å². The Morgan fingerprint density at radius 2 is 0.390 bits per heavy atom. The predicted octanol–water partition coefficient (Wildman–Crippen LogP) is 34.8. The monoisotopic (exact) mass is 1580 g/mol. The van der Waals surface area contributed by atoms with Crippen molar-refractivity contribution in [3.63, 3.8) is 0 Å². The molecule has 118 heavy (non-hydrogen) atoms. The quantitative estimate of drug-likeness (QED) is 0.101. The smallest absolute Gasteiger partial charge is 0.0640 e. The van der Waals surface area contributed by atoms with Crippen LogP contribution in [-0.4, -0.2) is 0 Å². The highest BCUT2D eigenvalue weighted by Crippen LogP contribution is 2.56. The van der Waals surface area contributed by atoms with E-state index in [1.165, 1.54) is 202 Å². The van der Waals surface area contributed by atoms with Crippen molar-refractivity contribution >= 4 is 259 Å². The topological polar surface area (TPSA) is 13.0 Å². The molecule has 0 saturated carbocycles. The second-order valence-electron chi connectivity index (χ2n) is 31.7. The van der Waals surface area contributed by atoms with Crippen molar-refractivity contribution in [1.29, 1.82) is 0 Å². The minimum Gasteiger partial charge on any atom is -0.308 e. The molecule has 0 saturated heterocycles. The largest absolute Gasteiger partial charge is 0.308 e. The van der Waals surface area contributed by atoms with Gasteiger partial charge in [0.05, 0.1) is 64.3 Å². The van der Waals surface area contributed by atoms with Crippen LogP contribution in [-0.2, 0) is 0 Å². The number of para-hydroxylation sites is 2. The predicted molar refractivity (Wildman–Crippen MR) is 519 cm³/mol. The van der Waals surface area contributed by atoms with E-state index in [1.54, 1.807) is 0 Å². The lowest BCUT2D eigenvalue weighted by molar-refractivity contribution is 0.866. The molecule has 0 N–H and O–H groups in total. The van der Waals surface area contributed by atoms with Gasteiger partial charge in [-0.2, -0.15) is 0 Å². The summed E-state index contributed by atoms with van der Waals surface area (Å²) in [7, 11) is 0. The fourth-order valence-electron chi connectivity index (χ4n) is 18.8. The minimum atomic E-state index is 0.450. The molecule has 0 bridgehead atoms. The number of hydrogen-bond acceptors (Lipinski definition) is 8. The Kier molecular flexibility index (Phi) is 16.7. The first-order valence-corrected chi connectivity index (χ1v) is 44.0. The Hall–Kier alpha value is -13.4. The lowest BCUT2D eigenvalue weighted by Gasteiger charge is -2.30. The zero-order chi connectivity index (χ0) is 78.4. The van der Waals surface area contributed by atoms with Crippen LogP contribution in [0.3, 0.4) is 0 Å². The molecule has 0 aliphatic rings. The Morgan fingerprint density at radius 3 is 0.644 bits per heavy atom. The SMILES string of the molecule is CC(C)c1ccc(N(c2ccc3ccc4c(N(c5ccc(C(C)C)cc5)c5cccc6c5sc5ccccc56)ccc5ccc2c3c54)c2cccc3c2sc2ccccc23)cc1.c1ccc(N(c2ccc3ccc4c(N(c5ccccc5)c5cccc6c5sc5ccccc56)ccc5ccc2c3c54)c2cccc3c2sc2ccccc23)cc1. The summed E-state index contributed by atoms with van der Waals surface area (Å²) in [6.45, 7) is 9.07. The second kappa shape index (κ2) is 28.2. The fourth-order valence-corrected chi connectivity index (χ4v) is 23.6. The number of rotatable bonds is 14. The summed E-state index contributed by atoms with van der Waals surface area (Å²) in [6, 6.07) is 140. The molecule has 0 fully saturated rings.